The third-order valence-corrected chi connectivity index (χ3v) is 3.93. The van der Waals surface area contributed by atoms with Crippen molar-refractivity contribution in [3.05, 3.63) is 75.6 Å². The summed E-state index contributed by atoms with van der Waals surface area (Å²) in [5, 5.41) is 0.941. The van der Waals surface area contributed by atoms with Crippen LogP contribution in [0.15, 0.2) is 53.0 Å². The fourth-order valence-corrected chi connectivity index (χ4v) is 2.64. The molecule has 0 aliphatic carbocycles. The predicted octanol–water partition coefficient (Wildman–Crippen LogP) is 4.68. The first-order valence-electron chi connectivity index (χ1n) is 6.42. The number of aromatic nitrogens is 1. The summed E-state index contributed by atoms with van der Waals surface area (Å²) in [5.41, 5.74) is 1.83. The van der Waals surface area contributed by atoms with Crippen LogP contribution in [0.4, 0.5) is 4.39 Å². The van der Waals surface area contributed by atoms with Crippen LogP contribution in [-0.2, 0) is 0 Å². The lowest BCUT2D eigenvalue weighted by Gasteiger charge is -2.06. The summed E-state index contributed by atoms with van der Waals surface area (Å²) < 4.78 is 14.2. The van der Waals surface area contributed by atoms with Gasteiger partial charge in [0.1, 0.15) is 11.5 Å². The third-order valence-electron chi connectivity index (χ3n) is 3.33. The van der Waals surface area contributed by atoms with E-state index in [9.17, 15) is 9.18 Å². The van der Waals surface area contributed by atoms with Crippen molar-refractivity contribution in [3.8, 4) is 0 Å². The van der Waals surface area contributed by atoms with Crippen LogP contribution in [0.1, 0.15) is 21.6 Å². The number of hydrogen-bond donors (Lipinski definition) is 0. The van der Waals surface area contributed by atoms with E-state index in [0.29, 0.717) is 15.6 Å². The number of ketones is 1. The van der Waals surface area contributed by atoms with Gasteiger partial charge < -0.3 is 0 Å². The number of hydrogen-bond acceptors (Lipinski definition) is 2. The molecule has 0 fully saturated rings. The van der Waals surface area contributed by atoms with Crippen molar-refractivity contribution in [1.29, 1.82) is 0 Å². The molecule has 0 unspecified atom stereocenters. The van der Waals surface area contributed by atoms with E-state index in [0.717, 1.165) is 10.9 Å². The van der Waals surface area contributed by atoms with Gasteiger partial charge in [0, 0.05) is 15.4 Å². The van der Waals surface area contributed by atoms with Gasteiger partial charge in [-0.25, -0.2) is 9.37 Å². The summed E-state index contributed by atoms with van der Waals surface area (Å²) in [7, 11) is 0. The number of aryl methyl sites for hydroxylation is 1. The molecule has 0 aliphatic rings. The van der Waals surface area contributed by atoms with Crippen LogP contribution in [0.2, 0.25) is 0 Å². The Morgan fingerprint density at radius 2 is 1.90 bits per heavy atom. The van der Waals surface area contributed by atoms with Crippen LogP contribution >= 0.6 is 15.9 Å². The van der Waals surface area contributed by atoms with Gasteiger partial charge in [-0.05, 0) is 46.6 Å². The molecule has 2 aromatic carbocycles. The van der Waals surface area contributed by atoms with Crippen molar-refractivity contribution in [2.45, 2.75) is 6.92 Å². The Labute approximate surface area is 129 Å². The molecule has 21 heavy (non-hydrogen) atoms. The second kappa shape index (κ2) is 5.37. The molecule has 0 amide bonds. The van der Waals surface area contributed by atoms with Crippen molar-refractivity contribution in [1.82, 2.24) is 4.98 Å². The second-order valence-corrected chi connectivity index (χ2v) is 5.66. The normalized spacial score (nSPS) is 10.8. The third kappa shape index (κ3) is 2.59. The molecule has 0 spiro atoms. The van der Waals surface area contributed by atoms with Crippen LogP contribution in [-0.4, -0.2) is 10.8 Å². The van der Waals surface area contributed by atoms with Crippen molar-refractivity contribution < 1.29 is 9.18 Å². The molecule has 0 radical (unpaired) electrons. The quantitative estimate of drug-likeness (QED) is 0.632. The molecule has 3 aromatic rings. The molecule has 1 aromatic heterocycles. The highest BCUT2D eigenvalue weighted by atomic mass is 79.9. The van der Waals surface area contributed by atoms with Gasteiger partial charge in [0.15, 0.2) is 0 Å². The monoisotopic (exact) mass is 343 g/mol. The van der Waals surface area contributed by atoms with E-state index in [1.165, 1.54) is 6.07 Å². The first-order valence-corrected chi connectivity index (χ1v) is 7.22. The zero-order valence-electron chi connectivity index (χ0n) is 11.2. The van der Waals surface area contributed by atoms with Gasteiger partial charge in [0.25, 0.3) is 0 Å². The highest BCUT2D eigenvalue weighted by molar-refractivity contribution is 9.10. The van der Waals surface area contributed by atoms with Crippen LogP contribution in [0, 0.1) is 12.7 Å². The molecule has 0 saturated carbocycles. The number of nitrogens with zero attached hydrogens (tertiary/aromatic N) is 1. The van der Waals surface area contributed by atoms with Crippen molar-refractivity contribution in [2.24, 2.45) is 0 Å². The molecule has 2 nitrogen and oxygen atoms in total. The molecule has 0 aliphatic heterocycles. The molecule has 3 rings (SSSR count). The van der Waals surface area contributed by atoms with Crippen LogP contribution in [0.25, 0.3) is 10.9 Å². The fraction of sp³-hybridized carbons (Fsp3) is 0.0588. The molecule has 0 N–H and O–H groups in total. The average molecular weight is 344 g/mol. The summed E-state index contributed by atoms with van der Waals surface area (Å²) in [6.45, 7) is 1.66. The number of rotatable bonds is 2. The van der Waals surface area contributed by atoms with E-state index >= 15 is 0 Å². The summed E-state index contributed by atoms with van der Waals surface area (Å²) in [6.07, 6.45) is 0. The lowest BCUT2D eigenvalue weighted by molar-refractivity contribution is 0.103. The molecule has 104 valence electrons. The van der Waals surface area contributed by atoms with E-state index in [1.807, 2.05) is 30.3 Å². The summed E-state index contributed by atoms with van der Waals surface area (Å²) in [5.74, 6) is -0.690. The Hall–Kier alpha value is -2.07. The van der Waals surface area contributed by atoms with E-state index in [4.69, 9.17) is 0 Å². The number of para-hydroxylation sites is 1. The number of carbonyl (C=O) groups is 1. The zero-order valence-corrected chi connectivity index (χ0v) is 12.8. The first kappa shape index (κ1) is 13.9. The standard InChI is InChI=1S/C17H11BrFNO/c1-10-6-7-12(9-14(10)19)17(21)16-13(18)8-11-4-2-3-5-15(11)20-16/h2-9H,1H3. The minimum absolute atomic E-state index is 0.289. The van der Waals surface area contributed by atoms with Crippen LogP contribution < -0.4 is 0 Å². The van der Waals surface area contributed by atoms with Gasteiger partial charge in [-0.15, -0.1) is 0 Å². The minimum Gasteiger partial charge on any atom is -0.287 e. The lowest BCUT2D eigenvalue weighted by atomic mass is 10.0. The maximum Gasteiger partial charge on any atom is 0.212 e. The van der Waals surface area contributed by atoms with E-state index in [1.54, 1.807) is 19.1 Å². The maximum atomic E-state index is 13.6. The number of halogens is 2. The zero-order chi connectivity index (χ0) is 15.0. The van der Waals surface area contributed by atoms with Gasteiger partial charge in [-0.2, -0.15) is 0 Å². The number of benzene rings is 2. The highest BCUT2D eigenvalue weighted by Crippen LogP contribution is 2.24. The van der Waals surface area contributed by atoms with Crippen molar-refractivity contribution >= 4 is 32.6 Å². The van der Waals surface area contributed by atoms with Gasteiger partial charge in [0.05, 0.1) is 5.52 Å². The van der Waals surface area contributed by atoms with Gasteiger partial charge in [-0.1, -0.05) is 30.3 Å². The summed E-state index contributed by atoms with van der Waals surface area (Å²) in [4.78, 5) is 16.9. The molecular formula is C17H11BrFNO. The van der Waals surface area contributed by atoms with Gasteiger partial charge in [-0.3, -0.25) is 4.79 Å². The maximum absolute atomic E-state index is 13.6. The van der Waals surface area contributed by atoms with Gasteiger partial charge >= 0.3 is 0 Å². The molecule has 1 heterocycles. The smallest absolute Gasteiger partial charge is 0.212 e. The SMILES string of the molecule is Cc1ccc(C(=O)c2nc3ccccc3cc2Br)cc1F. The van der Waals surface area contributed by atoms with Crippen LogP contribution in [0.5, 0.6) is 0 Å². The average Bonchev–Trinajstić information content (AvgIpc) is 2.48. The van der Waals surface area contributed by atoms with Crippen molar-refractivity contribution in [3.63, 3.8) is 0 Å². The number of carbonyl (C=O) groups excluding carboxylic acids is 1. The first-order chi connectivity index (χ1) is 10.1. The lowest BCUT2D eigenvalue weighted by Crippen LogP contribution is -2.06. The molecule has 0 atom stereocenters. The topological polar surface area (TPSA) is 30.0 Å². The molecule has 0 bridgehead atoms. The Morgan fingerprint density at radius 3 is 2.67 bits per heavy atom. The van der Waals surface area contributed by atoms with E-state index < -0.39 is 5.82 Å². The van der Waals surface area contributed by atoms with Gasteiger partial charge in [0.2, 0.25) is 5.78 Å². The second-order valence-electron chi connectivity index (χ2n) is 4.80. The molecule has 0 saturated heterocycles. The Morgan fingerprint density at radius 1 is 1.14 bits per heavy atom. The minimum atomic E-state index is -0.391. The highest BCUT2D eigenvalue weighted by Gasteiger charge is 2.16. The Kier molecular flexibility index (Phi) is 3.55. The Balaban J connectivity index is 2.12. The summed E-state index contributed by atoms with van der Waals surface area (Å²) in [6, 6.07) is 13.8. The molecular weight excluding hydrogens is 333 g/mol. The van der Waals surface area contributed by atoms with E-state index in [2.05, 4.69) is 20.9 Å². The molecule has 4 heteroatoms. The van der Waals surface area contributed by atoms with Crippen molar-refractivity contribution in [2.75, 3.05) is 0 Å². The predicted molar refractivity (Wildman–Crippen MR) is 84.0 cm³/mol. The Bertz CT molecular complexity index is 861. The van der Waals surface area contributed by atoms with E-state index in [-0.39, 0.29) is 11.5 Å². The largest absolute Gasteiger partial charge is 0.287 e. The number of pyridine rings is 1. The number of fused-ring (bicyclic) bond motifs is 1. The summed E-state index contributed by atoms with van der Waals surface area (Å²) >= 11 is 3.37. The fourth-order valence-electron chi connectivity index (χ4n) is 2.12. The van der Waals surface area contributed by atoms with Crippen LogP contribution in [0.3, 0.4) is 0 Å².